The Labute approximate surface area is 106 Å². The maximum absolute atomic E-state index is 13.3. The minimum atomic E-state index is -0.258. The van der Waals surface area contributed by atoms with E-state index in [1.807, 2.05) is 32.0 Å². The van der Waals surface area contributed by atoms with E-state index in [1.165, 1.54) is 17.2 Å². The van der Waals surface area contributed by atoms with Crippen molar-refractivity contribution in [3.8, 4) is 0 Å². The Kier molecular flexibility index (Phi) is 3.51. The van der Waals surface area contributed by atoms with Gasteiger partial charge in [0.2, 0.25) is 0 Å². The summed E-state index contributed by atoms with van der Waals surface area (Å²) < 4.78 is 13.3. The van der Waals surface area contributed by atoms with Gasteiger partial charge in [-0.1, -0.05) is 12.1 Å². The number of nitrogens with zero attached hydrogens (tertiary/aromatic N) is 2. The van der Waals surface area contributed by atoms with Gasteiger partial charge in [-0.2, -0.15) is 10.2 Å². The van der Waals surface area contributed by atoms with Gasteiger partial charge in [-0.25, -0.2) is 4.39 Å². The maximum atomic E-state index is 13.3. The predicted molar refractivity (Wildman–Crippen MR) is 71.2 cm³/mol. The molecule has 0 heterocycles. The van der Waals surface area contributed by atoms with Crippen LogP contribution in [0.5, 0.6) is 0 Å². The molecular formula is C15H15FN2. The maximum Gasteiger partial charge on any atom is 0.128 e. The summed E-state index contributed by atoms with van der Waals surface area (Å²) >= 11 is 0. The lowest BCUT2D eigenvalue weighted by Crippen LogP contribution is -1.79. The third-order valence-corrected chi connectivity index (χ3v) is 2.93. The topological polar surface area (TPSA) is 24.7 Å². The summed E-state index contributed by atoms with van der Waals surface area (Å²) in [6.07, 6.45) is 0. The molecule has 2 aromatic rings. The van der Waals surface area contributed by atoms with Crippen LogP contribution in [0.3, 0.4) is 0 Å². The summed E-state index contributed by atoms with van der Waals surface area (Å²) in [5.41, 5.74) is 4.30. The predicted octanol–water partition coefficient (Wildman–Crippen LogP) is 5.17. The molecule has 0 unspecified atom stereocenters. The number of halogens is 1. The van der Waals surface area contributed by atoms with Gasteiger partial charge in [-0.3, -0.25) is 0 Å². The number of hydrogen-bond acceptors (Lipinski definition) is 2. The standard InChI is InChI=1S/C15H15FN2/c1-10-4-6-13(8-12(10)3)17-18-14-7-5-11(2)15(16)9-14/h4-9H,1-3H3. The Morgan fingerprint density at radius 3 is 1.83 bits per heavy atom. The van der Waals surface area contributed by atoms with E-state index in [-0.39, 0.29) is 5.82 Å². The van der Waals surface area contributed by atoms with E-state index in [2.05, 4.69) is 10.2 Å². The molecule has 0 saturated carbocycles. The van der Waals surface area contributed by atoms with Gasteiger partial charge < -0.3 is 0 Å². The Morgan fingerprint density at radius 2 is 1.28 bits per heavy atom. The molecule has 0 atom stereocenters. The van der Waals surface area contributed by atoms with Crippen LogP contribution in [0.2, 0.25) is 0 Å². The van der Waals surface area contributed by atoms with Gasteiger partial charge in [0.15, 0.2) is 0 Å². The molecule has 18 heavy (non-hydrogen) atoms. The van der Waals surface area contributed by atoms with Gasteiger partial charge in [0.25, 0.3) is 0 Å². The molecule has 0 N–H and O–H groups in total. The lowest BCUT2D eigenvalue weighted by molar-refractivity contribution is 0.618. The summed E-state index contributed by atoms with van der Waals surface area (Å²) in [4.78, 5) is 0. The molecule has 0 aliphatic rings. The second-order valence-corrected chi connectivity index (χ2v) is 4.40. The van der Waals surface area contributed by atoms with Crippen LogP contribution in [0.25, 0.3) is 0 Å². The minimum absolute atomic E-state index is 0.258. The molecule has 2 rings (SSSR count). The van der Waals surface area contributed by atoms with Crippen molar-refractivity contribution in [3.05, 3.63) is 58.9 Å². The van der Waals surface area contributed by atoms with Crippen LogP contribution in [-0.2, 0) is 0 Å². The summed E-state index contributed by atoms with van der Waals surface area (Å²) in [6, 6.07) is 10.7. The summed E-state index contributed by atoms with van der Waals surface area (Å²) in [6.45, 7) is 5.80. The quantitative estimate of drug-likeness (QED) is 0.649. The summed E-state index contributed by atoms with van der Waals surface area (Å²) in [5.74, 6) is -0.258. The first-order valence-electron chi connectivity index (χ1n) is 5.81. The van der Waals surface area contributed by atoms with Gasteiger partial charge in [0, 0.05) is 6.07 Å². The third kappa shape index (κ3) is 2.80. The lowest BCUT2D eigenvalue weighted by Gasteiger charge is -2.00. The van der Waals surface area contributed by atoms with Gasteiger partial charge in [0.05, 0.1) is 11.4 Å². The van der Waals surface area contributed by atoms with Crippen molar-refractivity contribution in [2.75, 3.05) is 0 Å². The number of aryl methyl sites for hydroxylation is 3. The van der Waals surface area contributed by atoms with Crippen LogP contribution >= 0.6 is 0 Å². The molecule has 0 amide bonds. The average Bonchev–Trinajstić information content (AvgIpc) is 2.35. The van der Waals surface area contributed by atoms with Crippen LogP contribution in [-0.4, -0.2) is 0 Å². The zero-order chi connectivity index (χ0) is 13.1. The monoisotopic (exact) mass is 242 g/mol. The van der Waals surface area contributed by atoms with Crippen molar-refractivity contribution in [2.24, 2.45) is 10.2 Å². The number of benzene rings is 2. The zero-order valence-corrected chi connectivity index (χ0v) is 10.7. The number of azo groups is 1. The van der Waals surface area contributed by atoms with Gasteiger partial charge in [-0.15, -0.1) is 0 Å². The fourth-order valence-corrected chi connectivity index (χ4v) is 1.55. The second kappa shape index (κ2) is 5.08. The lowest BCUT2D eigenvalue weighted by atomic mass is 10.1. The zero-order valence-electron chi connectivity index (χ0n) is 10.7. The van der Waals surface area contributed by atoms with Gasteiger partial charge >= 0.3 is 0 Å². The van der Waals surface area contributed by atoms with Crippen LogP contribution in [0, 0.1) is 26.6 Å². The summed E-state index contributed by atoms with van der Waals surface area (Å²) in [5, 5.41) is 8.14. The van der Waals surface area contributed by atoms with Crippen molar-refractivity contribution < 1.29 is 4.39 Å². The first kappa shape index (κ1) is 12.4. The molecule has 0 aromatic heterocycles. The molecule has 0 aliphatic heterocycles. The van der Waals surface area contributed by atoms with E-state index in [9.17, 15) is 4.39 Å². The Bertz CT molecular complexity index is 550. The van der Waals surface area contributed by atoms with E-state index < -0.39 is 0 Å². The Hall–Kier alpha value is -2.03. The molecule has 2 nitrogen and oxygen atoms in total. The van der Waals surface area contributed by atoms with Crippen LogP contribution < -0.4 is 0 Å². The normalized spacial score (nSPS) is 11.1. The van der Waals surface area contributed by atoms with Crippen molar-refractivity contribution >= 4 is 11.4 Å². The molecule has 0 bridgehead atoms. The number of hydrogen-bond donors (Lipinski definition) is 0. The van der Waals surface area contributed by atoms with Crippen molar-refractivity contribution in [2.45, 2.75) is 20.8 Å². The van der Waals surface area contributed by atoms with Crippen LogP contribution in [0.4, 0.5) is 15.8 Å². The van der Waals surface area contributed by atoms with Crippen LogP contribution in [0.1, 0.15) is 16.7 Å². The van der Waals surface area contributed by atoms with E-state index in [4.69, 9.17) is 0 Å². The van der Waals surface area contributed by atoms with Gasteiger partial charge in [0.1, 0.15) is 5.82 Å². The number of rotatable bonds is 2. The van der Waals surface area contributed by atoms with Gasteiger partial charge in [-0.05, 0) is 55.7 Å². The molecule has 0 saturated heterocycles. The highest BCUT2D eigenvalue weighted by molar-refractivity contribution is 5.44. The fourth-order valence-electron chi connectivity index (χ4n) is 1.55. The highest BCUT2D eigenvalue weighted by Crippen LogP contribution is 2.22. The van der Waals surface area contributed by atoms with Crippen molar-refractivity contribution in [1.29, 1.82) is 0 Å². The SMILES string of the molecule is Cc1ccc(N=Nc2ccc(C)c(F)c2)cc1C. The van der Waals surface area contributed by atoms with E-state index in [0.717, 1.165) is 5.69 Å². The average molecular weight is 242 g/mol. The minimum Gasteiger partial charge on any atom is -0.207 e. The fraction of sp³-hybridized carbons (Fsp3) is 0.200. The second-order valence-electron chi connectivity index (χ2n) is 4.40. The molecule has 92 valence electrons. The van der Waals surface area contributed by atoms with Crippen LogP contribution in [0.15, 0.2) is 46.6 Å². The van der Waals surface area contributed by atoms with E-state index in [1.54, 1.807) is 19.1 Å². The molecule has 0 radical (unpaired) electrons. The largest absolute Gasteiger partial charge is 0.207 e. The molecule has 0 aliphatic carbocycles. The molecule has 0 spiro atoms. The van der Waals surface area contributed by atoms with E-state index >= 15 is 0 Å². The first-order chi connectivity index (χ1) is 8.56. The molecule has 0 fully saturated rings. The van der Waals surface area contributed by atoms with E-state index in [0.29, 0.717) is 11.3 Å². The molecule has 3 heteroatoms. The Morgan fingerprint density at radius 1 is 0.722 bits per heavy atom. The molecular weight excluding hydrogens is 227 g/mol. The smallest absolute Gasteiger partial charge is 0.128 e. The third-order valence-electron chi connectivity index (χ3n) is 2.93. The molecule has 2 aromatic carbocycles. The van der Waals surface area contributed by atoms with Crippen molar-refractivity contribution in [3.63, 3.8) is 0 Å². The highest BCUT2D eigenvalue weighted by atomic mass is 19.1. The highest BCUT2D eigenvalue weighted by Gasteiger charge is 1.98. The van der Waals surface area contributed by atoms with Crippen molar-refractivity contribution in [1.82, 2.24) is 0 Å². The summed E-state index contributed by atoms with van der Waals surface area (Å²) in [7, 11) is 0. The Balaban J connectivity index is 2.24. The first-order valence-corrected chi connectivity index (χ1v) is 5.81.